The summed E-state index contributed by atoms with van der Waals surface area (Å²) < 4.78 is 12.7. The van der Waals surface area contributed by atoms with Crippen LogP contribution in [0.15, 0.2) is 48.5 Å². The summed E-state index contributed by atoms with van der Waals surface area (Å²) in [6.45, 7) is 3.74. The number of nitrogens with zero attached hydrogens (tertiary/aromatic N) is 2. The number of ketones is 1. The summed E-state index contributed by atoms with van der Waals surface area (Å²) in [6.07, 6.45) is 0.249. The van der Waals surface area contributed by atoms with Gasteiger partial charge in [0.25, 0.3) is 11.8 Å². The fourth-order valence-electron chi connectivity index (χ4n) is 3.66. The largest absolute Gasteiger partial charge is 0.496 e. The van der Waals surface area contributed by atoms with Crippen molar-refractivity contribution in [1.29, 1.82) is 0 Å². The number of nitrogens with two attached hydrogens (primary N) is 1. The van der Waals surface area contributed by atoms with Crippen LogP contribution in [0.3, 0.4) is 0 Å². The highest BCUT2D eigenvalue weighted by atomic mass is 35.5. The van der Waals surface area contributed by atoms with Gasteiger partial charge < -0.3 is 20.5 Å². The molecule has 35 heavy (non-hydrogen) atoms. The van der Waals surface area contributed by atoms with Gasteiger partial charge in [-0.15, -0.1) is 0 Å². The molecule has 0 fully saturated rings. The van der Waals surface area contributed by atoms with E-state index < -0.39 is 23.6 Å². The summed E-state index contributed by atoms with van der Waals surface area (Å²) in [5.74, 6) is -1.56. The third-order valence-electron chi connectivity index (χ3n) is 5.27. The van der Waals surface area contributed by atoms with E-state index in [-0.39, 0.29) is 18.0 Å². The Morgan fingerprint density at radius 1 is 1.06 bits per heavy atom. The summed E-state index contributed by atoms with van der Waals surface area (Å²) in [5, 5.41) is 7.64. The van der Waals surface area contributed by atoms with Gasteiger partial charge in [-0.1, -0.05) is 31.5 Å². The van der Waals surface area contributed by atoms with Crippen molar-refractivity contribution in [3.63, 3.8) is 0 Å². The zero-order chi connectivity index (χ0) is 25.7. The smallest absolute Gasteiger partial charge is 0.287 e. The second-order valence-electron chi connectivity index (χ2n) is 8.22. The lowest BCUT2D eigenvalue weighted by Crippen LogP contribution is -2.46. The van der Waals surface area contributed by atoms with Gasteiger partial charge in [0.05, 0.1) is 37.2 Å². The third-order valence-corrected chi connectivity index (χ3v) is 5.52. The number of methoxy groups -OCH3 is 2. The molecule has 0 aliphatic heterocycles. The Morgan fingerprint density at radius 2 is 1.66 bits per heavy atom. The first-order valence-corrected chi connectivity index (χ1v) is 11.3. The van der Waals surface area contributed by atoms with E-state index in [0.717, 1.165) is 0 Å². The molecular formula is C25H27ClN4O5. The first-order chi connectivity index (χ1) is 16.7. The van der Waals surface area contributed by atoms with Crippen LogP contribution in [0, 0.1) is 5.92 Å². The number of carbonyl (C=O) groups excluding carboxylic acids is 3. The number of benzene rings is 2. The zero-order valence-corrected chi connectivity index (χ0v) is 20.6. The number of rotatable bonds is 10. The van der Waals surface area contributed by atoms with Gasteiger partial charge in [0.2, 0.25) is 5.78 Å². The van der Waals surface area contributed by atoms with Crippen LogP contribution in [-0.2, 0) is 9.59 Å². The van der Waals surface area contributed by atoms with Crippen LogP contribution in [0.2, 0.25) is 5.02 Å². The minimum atomic E-state index is -1.11. The lowest BCUT2D eigenvalue weighted by molar-refractivity contribution is -0.137. The Morgan fingerprint density at radius 3 is 2.17 bits per heavy atom. The topological polar surface area (TPSA) is 126 Å². The number of hydrogen-bond donors (Lipinski definition) is 2. The molecule has 0 radical (unpaired) electrons. The van der Waals surface area contributed by atoms with Crippen molar-refractivity contribution in [1.82, 2.24) is 15.1 Å². The van der Waals surface area contributed by atoms with Crippen molar-refractivity contribution in [2.24, 2.45) is 11.7 Å². The minimum Gasteiger partial charge on any atom is -0.496 e. The normalized spacial score (nSPS) is 11.7. The van der Waals surface area contributed by atoms with Crippen LogP contribution < -0.4 is 20.5 Å². The summed E-state index contributed by atoms with van der Waals surface area (Å²) >= 11 is 6.06. The molecule has 2 aromatic carbocycles. The molecule has 3 aromatic rings. The predicted molar refractivity (Wildman–Crippen MR) is 132 cm³/mol. The molecule has 0 bridgehead atoms. The van der Waals surface area contributed by atoms with E-state index in [1.165, 1.54) is 14.2 Å². The summed E-state index contributed by atoms with van der Waals surface area (Å²) in [5.41, 5.74) is 6.92. The van der Waals surface area contributed by atoms with Gasteiger partial charge in [0.15, 0.2) is 5.69 Å². The molecular weight excluding hydrogens is 472 g/mol. The molecule has 1 heterocycles. The van der Waals surface area contributed by atoms with Gasteiger partial charge in [-0.2, -0.15) is 5.10 Å². The highest BCUT2D eigenvalue weighted by Gasteiger charge is 2.28. The molecule has 1 aromatic heterocycles. The molecule has 0 unspecified atom stereocenters. The van der Waals surface area contributed by atoms with Gasteiger partial charge in [-0.05, 0) is 54.8 Å². The highest BCUT2D eigenvalue weighted by molar-refractivity contribution is 6.38. The number of halogens is 1. The number of carbonyl (C=O) groups is 3. The Labute approximate surface area is 208 Å². The van der Waals surface area contributed by atoms with Gasteiger partial charge in [-0.25, -0.2) is 4.68 Å². The number of aromatic nitrogens is 2. The van der Waals surface area contributed by atoms with E-state index in [1.807, 2.05) is 13.8 Å². The van der Waals surface area contributed by atoms with Crippen LogP contribution in [0.5, 0.6) is 11.5 Å². The molecule has 0 spiro atoms. The standard InChI is InChI=1S/C25H27ClN4O5/c1-14(2)12-17(23(31)24(27)32)28-25(33)18-13-19(22-20(34-3)6-5-7-21(22)35-4)30(29-18)16-10-8-15(26)9-11-16/h5-11,13-14,17H,12H2,1-4H3,(H2,27,32)(H,28,33)/t17-/m0/s1. The lowest BCUT2D eigenvalue weighted by Gasteiger charge is -2.17. The maximum atomic E-state index is 13.2. The van der Waals surface area contributed by atoms with E-state index in [0.29, 0.717) is 33.5 Å². The van der Waals surface area contributed by atoms with Gasteiger partial charge in [0.1, 0.15) is 11.5 Å². The number of primary amides is 1. The van der Waals surface area contributed by atoms with Gasteiger partial charge in [-0.3, -0.25) is 14.4 Å². The first-order valence-electron chi connectivity index (χ1n) is 10.9. The predicted octanol–water partition coefficient (Wildman–Crippen LogP) is 3.41. The van der Waals surface area contributed by atoms with E-state index in [9.17, 15) is 14.4 Å². The fraction of sp³-hybridized carbons (Fsp3) is 0.280. The molecule has 2 amide bonds. The van der Waals surface area contributed by atoms with Gasteiger partial charge in [0, 0.05) is 5.02 Å². The Kier molecular flexibility index (Phi) is 8.14. The second kappa shape index (κ2) is 11.1. The van der Waals surface area contributed by atoms with Crippen molar-refractivity contribution >= 4 is 29.2 Å². The SMILES string of the molecule is COc1cccc(OC)c1-c1cc(C(=O)N[C@@H](CC(C)C)C(=O)C(N)=O)nn1-c1ccc(Cl)cc1. The maximum absolute atomic E-state index is 13.2. The van der Waals surface area contributed by atoms with Crippen molar-refractivity contribution in [2.45, 2.75) is 26.3 Å². The zero-order valence-electron chi connectivity index (χ0n) is 19.9. The van der Waals surface area contributed by atoms with Crippen LogP contribution in [0.25, 0.3) is 16.9 Å². The van der Waals surface area contributed by atoms with Crippen LogP contribution in [0.1, 0.15) is 30.8 Å². The third kappa shape index (κ3) is 5.81. The molecule has 3 N–H and O–H groups in total. The average Bonchev–Trinajstić information content (AvgIpc) is 3.27. The molecule has 9 nitrogen and oxygen atoms in total. The Bertz CT molecular complexity index is 1210. The van der Waals surface area contributed by atoms with E-state index in [4.69, 9.17) is 26.8 Å². The first kappa shape index (κ1) is 25.8. The van der Waals surface area contributed by atoms with Crippen LogP contribution in [-0.4, -0.2) is 47.6 Å². The monoisotopic (exact) mass is 498 g/mol. The van der Waals surface area contributed by atoms with Crippen molar-refractivity contribution < 1.29 is 23.9 Å². The minimum absolute atomic E-state index is 0.0222. The van der Waals surface area contributed by atoms with Crippen molar-refractivity contribution in [3.8, 4) is 28.4 Å². The van der Waals surface area contributed by atoms with Crippen LogP contribution >= 0.6 is 11.6 Å². The number of amides is 2. The Hall–Kier alpha value is -3.85. The molecule has 0 saturated carbocycles. The highest BCUT2D eigenvalue weighted by Crippen LogP contribution is 2.39. The van der Waals surface area contributed by atoms with E-state index >= 15 is 0 Å². The lowest BCUT2D eigenvalue weighted by atomic mass is 9.99. The average molecular weight is 499 g/mol. The van der Waals surface area contributed by atoms with E-state index in [1.54, 1.807) is 53.2 Å². The summed E-state index contributed by atoms with van der Waals surface area (Å²) in [6, 6.07) is 12.7. The summed E-state index contributed by atoms with van der Waals surface area (Å²) in [7, 11) is 3.06. The Balaban J connectivity index is 2.13. The molecule has 184 valence electrons. The van der Waals surface area contributed by atoms with Gasteiger partial charge >= 0.3 is 0 Å². The number of Topliss-reactive ketones (excluding diaryl/α,β-unsaturated/α-hetero) is 1. The summed E-state index contributed by atoms with van der Waals surface area (Å²) in [4.78, 5) is 37.0. The van der Waals surface area contributed by atoms with E-state index in [2.05, 4.69) is 10.4 Å². The number of nitrogens with one attached hydrogen (secondary N) is 1. The molecule has 0 aliphatic carbocycles. The molecule has 1 atom stereocenters. The second-order valence-corrected chi connectivity index (χ2v) is 8.66. The molecule has 3 rings (SSSR count). The fourth-order valence-corrected chi connectivity index (χ4v) is 3.79. The number of hydrogen-bond acceptors (Lipinski definition) is 6. The molecule has 10 heteroatoms. The van der Waals surface area contributed by atoms with Crippen molar-refractivity contribution in [2.75, 3.05) is 14.2 Å². The number of ether oxygens (including phenoxy) is 2. The quantitative estimate of drug-likeness (QED) is 0.412. The van der Waals surface area contributed by atoms with Crippen LogP contribution in [0.4, 0.5) is 0 Å². The maximum Gasteiger partial charge on any atom is 0.287 e. The molecule has 0 saturated heterocycles. The molecule has 0 aliphatic rings. The van der Waals surface area contributed by atoms with Crippen molar-refractivity contribution in [3.05, 3.63) is 59.2 Å².